The number of anilines is 1. The van der Waals surface area contributed by atoms with E-state index >= 15 is 0 Å². The molecule has 2 N–H and O–H groups in total. The van der Waals surface area contributed by atoms with E-state index in [9.17, 15) is 22.8 Å². The van der Waals surface area contributed by atoms with Crippen LogP contribution >= 0.6 is 0 Å². The second-order valence-corrected chi connectivity index (χ2v) is 5.96. The average molecular weight is 385 g/mol. The summed E-state index contributed by atoms with van der Waals surface area (Å²) in [5.41, 5.74) is 0.213. The molecule has 0 bridgehead atoms. The molecule has 0 aliphatic carbocycles. The first kappa shape index (κ1) is 19.2. The topological polar surface area (TPSA) is 66.4 Å². The van der Waals surface area contributed by atoms with Gasteiger partial charge in [0.2, 0.25) is 0 Å². The van der Waals surface area contributed by atoms with Crippen LogP contribution in [-0.4, -0.2) is 17.0 Å². The first-order chi connectivity index (χ1) is 13.3. The van der Waals surface area contributed by atoms with Crippen LogP contribution in [0.4, 0.5) is 18.9 Å². The van der Waals surface area contributed by atoms with Gasteiger partial charge in [-0.1, -0.05) is 36.4 Å². The number of alkyl halides is 3. The Morgan fingerprint density at radius 2 is 1.57 bits per heavy atom. The van der Waals surface area contributed by atoms with E-state index in [-0.39, 0.29) is 22.4 Å². The summed E-state index contributed by atoms with van der Waals surface area (Å²) in [5.74, 6) is -1.70. The van der Waals surface area contributed by atoms with Crippen molar-refractivity contribution < 1.29 is 27.9 Å². The Kier molecular flexibility index (Phi) is 5.17. The van der Waals surface area contributed by atoms with Gasteiger partial charge >= 0.3 is 12.1 Å². The first-order valence-electron chi connectivity index (χ1n) is 8.17. The molecule has 3 aromatic carbocycles. The Morgan fingerprint density at radius 1 is 0.857 bits per heavy atom. The number of hydrogen-bond acceptors (Lipinski definition) is 2. The lowest BCUT2D eigenvalue weighted by Gasteiger charge is -2.13. The summed E-state index contributed by atoms with van der Waals surface area (Å²) in [4.78, 5) is 23.7. The number of carbonyl (C=O) groups excluding carboxylic acids is 1. The first-order valence-corrected chi connectivity index (χ1v) is 8.17. The lowest BCUT2D eigenvalue weighted by Crippen LogP contribution is -2.13. The SMILES string of the molecule is O=C(O)c1cccc(NC(=O)c2ccccc2-c2cccc(C(F)(F)F)c2)c1. The largest absolute Gasteiger partial charge is 0.478 e. The molecular weight excluding hydrogens is 371 g/mol. The maximum absolute atomic E-state index is 13.0. The Labute approximate surface area is 158 Å². The molecule has 0 aliphatic heterocycles. The van der Waals surface area contributed by atoms with Gasteiger partial charge < -0.3 is 10.4 Å². The van der Waals surface area contributed by atoms with E-state index in [1.165, 1.54) is 42.5 Å². The van der Waals surface area contributed by atoms with E-state index in [0.29, 0.717) is 5.56 Å². The molecule has 1 amide bonds. The molecule has 0 aliphatic rings. The van der Waals surface area contributed by atoms with Gasteiger partial charge in [0.05, 0.1) is 11.1 Å². The van der Waals surface area contributed by atoms with Gasteiger partial charge in [0.15, 0.2) is 0 Å². The number of rotatable bonds is 4. The van der Waals surface area contributed by atoms with Gasteiger partial charge in [-0.15, -0.1) is 0 Å². The van der Waals surface area contributed by atoms with E-state index in [1.54, 1.807) is 18.2 Å². The minimum atomic E-state index is -4.50. The van der Waals surface area contributed by atoms with Gasteiger partial charge in [0.25, 0.3) is 5.91 Å². The molecule has 0 spiro atoms. The monoisotopic (exact) mass is 385 g/mol. The maximum Gasteiger partial charge on any atom is 0.416 e. The Balaban J connectivity index is 1.96. The molecule has 3 aromatic rings. The summed E-state index contributed by atoms with van der Waals surface area (Å²) in [6.07, 6.45) is -4.50. The number of carboxylic acids is 1. The fourth-order valence-electron chi connectivity index (χ4n) is 2.72. The number of halogens is 3. The minimum Gasteiger partial charge on any atom is -0.478 e. The second-order valence-electron chi connectivity index (χ2n) is 5.96. The van der Waals surface area contributed by atoms with Crippen molar-refractivity contribution in [2.45, 2.75) is 6.18 Å². The third-order valence-corrected chi connectivity index (χ3v) is 4.04. The van der Waals surface area contributed by atoms with Crippen LogP contribution in [0, 0.1) is 0 Å². The number of benzene rings is 3. The van der Waals surface area contributed by atoms with Gasteiger partial charge in [0.1, 0.15) is 0 Å². The number of aromatic carboxylic acids is 1. The van der Waals surface area contributed by atoms with Crippen LogP contribution in [0.3, 0.4) is 0 Å². The van der Waals surface area contributed by atoms with Crippen molar-refractivity contribution in [3.63, 3.8) is 0 Å². The molecule has 0 heterocycles. The lowest BCUT2D eigenvalue weighted by molar-refractivity contribution is -0.137. The molecule has 4 nitrogen and oxygen atoms in total. The van der Waals surface area contributed by atoms with Crippen LogP contribution in [0.2, 0.25) is 0 Å². The highest BCUT2D eigenvalue weighted by Gasteiger charge is 2.30. The zero-order chi connectivity index (χ0) is 20.3. The zero-order valence-electron chi connectivity index (χ0n) is 14.3. The second kappa shape index (κ2) is 7.56. The van der Waals surface area contributed by atoms with E-state index in [2.05, 4.69) is 5.32 Å². The molecule has 0 fully saturated rings. The van der Waals surface area contributed by atoms with Crippen LogP contribution in [0.25, 0.3) is 11.1 Å². The van der Waals surface area contributed by atoms with Crippen molar-refractivity contribution in [1.29, 1.82) is 0 Å². The number of carbonyl (C=O) groups is 2. The summed E-state index contributed by atoms with van der Waals surface area (Å²) in [5, 5.41) is 11.6. The van der Waals surface area contributed by atoms with Gasteiger partial charge in [0, 0.05) is 11.3 Å². The molecule has 0 aromatic heterocycles. The average Bonchev–Trinajstić information content (AvgIpc) is 2.67. The third-order valence-electron chi connectivity index (χ3n) is 4.04. The molecule has 0 saturated carbocycles. The van der Waals surface area contributed by atoms with Crippen molar-refractivity contribution in [2.75, 3.05) is 5.32 Å². The fourth-order valence-corrected chi connectivity index (χ4v) is 2.72. The normalized spacial score (nSPS) is 11.1. The van der Waals surface area contributed by atoms with E-state index in [1.807, 2.05) is 0 Å². The molecule has 3 rings (SSSR count). The molecular formula is C21H14F3NO3. The number of amides is 1. The molecule has 7 heteroatoms. The molecule has 0 unspecified atom stereocenters. The molecule has 142 valence electrons. The Bertz CT molecular complexity index is 1040. The highest BCUT2D eigenvalue weighted by molar-refractivity contribution is 6.09. The summed E-state index contributed by atoms with van der Waals surface area (Å²) in [6.45, 7) is 0. The van der Waals surface area contributed by atoms with E-state index in [4.69, 9.17) is 5.11 Å². The van der Waals surface area contributed by atoms with Gasteiger partial charge in [-0.3, -0.25) is 4.79 Å². The summed E-state index contributed by atoms with van der Waals surface area (Å²) >= 11 is 0. The lowest BCUT2D eigenvalue weighted by atomic mass is 9.97. The van der Waals surface area contributed by atoms with Gasteiger partial charge in [-0.05, 0) is 47.5 Å². The zero-order valence-corrected chi connectivity index (χ0v) is 14.3. The van der Waals surface area contributed by atoms with Crippen molar-refractivity contribution in [2.24, 2.45) is 0 Å². The van der Waals surface area contributed by atoms with Crippen molar-refractivity contribution in [1.82, 2.24) is 0 Å². The maximum atomic E-state index is 13.0. The fraction of sp³-hybridized carbons (Fsp3) is 0.0476. The number of nitrogens with one attached hydrogen (secondary N) is 1. The van der Waals surface area contributed by atoms with Gasteiger partial charge in [-0.25, -0.2) is 4.79 Å². The van der Waals surface area contributed by atoms with Crippen LogP contribution in [-0.2, 0) is 6.18 Å². The quantitative estimate of drug-likeness (QED) is 0.639. The predicted molar refractivity (Wildman–Crippen MR) is 98.2 cm³/mol. The number of carboxylic acid groups (broad SMARTS) is 1. The van der Waals surface area contributed by atoms with Crippen LogP contribution < -0.4 is 5.32 Å². The molecule has 0 saturated heterocycles. The van der Waals surface area contributed by atoms with E-state index < -0.39 is 23.6 Å². The van der Waals surface area contributed by atoms with Crippen LogP contribution in [0.1, 0.15) is 26.3 Å². The standard InChI is InChI=1S/C21H14F3NO3/c22-21(23,24)15-7-3-5-13(11-15)17-9-1-2-10-18(17)19(26)25-16-8-4-6-14(12-16)20(27)28/h1-12H,(H,25,26)(H,27,28). The minimum absolute atomic E-state index is 0.00367. The van der Waals surface area contributed by atoms with Crippen LogP contribution in [0.5, 0.6) is 0 Å². The molecule has 0 radical (unpaired) electrons. The molecule has 28 heavy (non-hydrogen) atoms. The Morgan fingerprint density at radius 3 is 2.29 bits per heavy atom. The predicted octanol–water partition coefficient (Wildman–Crippen LogP) is 5.32. The van der Waals surface area contributed by atoms with Crippen molar-refractivity contribution in [3.05, 3.63) is 89.5 Å². The smallest absolute Gasteiger partial charge is 0.416 e. The van der Waals surface area contributed by atoms with Crippen molar-refractivity contribution in [3.8, 4) is 11.1 Å². The highest BCUT2D eigenvalue weighted by Crippen LogP contribution is 2.33. The third kappa shape index (κ3) is 4.20. The summed E-state index contributed by atoms with van der Waals surface area (Å²) < 4.78 is 39.0. The molecule has 0 atom stereocenters. The number of hydrogen-bond donors (Lipinski definition) is 2. The Hall–Kier alpha value is -3.61. The summed E-state index contributed by atoms with van der Waals surface area (Å²) in [7, 11) is 0. The highest BCUT2D eigenvalue weighted by atomic mass is 19.4. The van der Waals surface area contributed by atoms with Crippen molar-refractivity contribution >= 4 is 17.6 Å². The van der Waals surface area contributed by atoms with Gasteiger partial charge in [-0.2, -0.15) is 13.2 Å². The van der Waals surface area contributed by atoms with E-state index in [0.717, 1.165) is 12.1 Å². The van der Waals surface area contributed by atoms with Crippen LogP contribution in [0.15, 0.2) is 72.8 Å². The summed E-state index contributed by atoms with van der Waals surface area (Å²) in [6, 6.07) is 16.7.